The smallest absolute Gasteiger partial charge is 0.123 e. The number of rotatable bonds is 9. The Labute approximate surface area is 126 Å². The highest BCUT2D eigenvalue weighted by atomic mass is 16.5. The molecule has 0 fully saturated rings. The van der Waals surface area contributed by atoms with Crippen molar-refractivity contribution in [2.24, 2.45) is 0 Å². The van der Waals surface area contributed by atoms with Gasteiger partial charge >= 0.3 is 0 Å². The zero-order valence-electron chi connectivity index (χ0n) is 12.8. The first-order chi connectivity index (χ1) is 10.4. The maximum absolute atomic E-state index is 8.75. The number of aliphatic hydroxyl groups is 1. The van der Waals surface area contributed by atoms with Gasteiger partial charge in [-0.2, -0.15) is 0 Å². The summed E-state index contributed by atoms with van der Waals surface area (Å²) in [7, 11) is 1.72. The van der Waals surface area contributed by atoms with Crippen molar-refractivity contribution in [3.63, 3.8) is 0 Å². The zero-order valence-corrected chi connectivity index (χ0v) is 12.8. The van der Waals surface area contributed by atoms with Crippen molar-refractivity contribution in [2.75, 3.05) is 20.3 Å². The van der Waals surface area contributed by atoms with Crippen LogP contribution in [0.4, 0.5) is 0 Å². The maximum Gasteiger partial charge on any atom is 0.123 e. The van der Waals surface area contributed by atoms with Crippen LogP contribution in [0.25, 0.3) is 10.8 Å². The highest BCUT2D eigenvalue weighted by Crippen LogP contribution is 2.27. The van der Waals surface area contributed by atoms with E-state index in [1.54, 1.807) is 7.11 Å². The van der Waals surface area contributed by atoms with Crippen molar-refractivity contribution < 1.29 is 9.84 Å². The Morgan fingerprint density at radius 1 is 1.00 bits per heavy atom. The van der Waals surface area contributed by atoms with Gasteiger partial charge in [-0.25, -0.2) is 0 Å². The molecule has 0 aliphatic carbocycles. The number of fused-ring (bicyclic) bond motifs is 1. The van der Waals surface area contributed by atoms with Crippen LogP contribution in [0.3, 0.4) is 0 Å². The third-order valence-corrected chi connectivity index (χ3v) is 3.78. The molecule has 2 rings (SSSR count). The van der Waals surface area contributed by atoms with Gasteiger partial charge in [0.2, 0.25) is 0 Å². The average Bonchev–Trinajstić information content (AvgIpc) is 2.54. The van der Waals surface area contributed by atoms with Crippen molar-refractivity contribution in [1.82, 2.24) is 5.32 Å². The van der Waals surface area contributed by atoms with Gasteiger partial charge in [0.05, 0.1) is 7.11 Å². The molecule has 114 valence electrons. The SMILES string of the molecule is COc1ccc2ccccc2c1CNCCCCCCO. The van der Waals surface area contributed by atoms with E-state index in [1.165, 1.54) is 22.8 Å². The summed E-state index contributed by atoms with van der Waals surface area (Å²) in [6.07, 6.45) is 4.33. The standard InChI is InChI=1S/C18H25NO2/c1-21-18-11-10-15-8-4-5-9-16(15)17(18)14-19-12-6-2-3-7-13-20/h4-5,8-11,19-20H,2-3,6-7,12-14H2,1H3. The minimum Gasteiger partial charge on any atom is -0.496 e. The number of hydrogen-bond donors (Lipinski definition) is 2. The molecule has 2 aromatic rings. The second-order valence-corrected chi connectivity index (χ2v) is 5.28. The molecule has 0 unspecified atom stereocenters. The fraction of sp³-hybridized carbons (Fsp3) is 0.444. The Balaban J connectivity index is 1.94. The summed E-state index contributed by atoms with van der Waals surface area (Å²) < 4.78 is 5.50. The van der Waals surface area contributed by atoms with Crippen LogP contribution in [0.5, 0.6) is 5.75 Å². The van der Waals surface area contributed by atoms with Gasteiger partial charge in [0.1, 0.15) is 5.75 Å². The molecular weight excluding hydrogens is 262 g/mol. The van der Waals surface area contributed by atoms with Crippen LogP contribution >= 0.6 is 0 Å². The van der Waals surface area contributed by atoms with E-state index in [4.69, 9.17) is 9.84 Å². The number of benzene rings is 2. The van der Waals surface area contributed by atoms with Crippen molar-refractivity contribution in [2.45, 2.75) is 32.2 Å². The van der Waals surface area contributed by atoms with Gasteiger partial charge < -0.3 is 15.2 Å². The van der Waals surface area contributed by atoms with Crippen molar-refractivity contribution in [3.8, 4) is 5.75 Å². The van der Waals surface area contributed by atoms with E-state index in [0.29, 0.717) is 6.61 Å². The Hall–Kier alpha value is -1.58. The lowest BCUT2D eigenvalue weighted by Gasteiger charge is -2.13. The minimum absolute atomic E-state index is 0.306. The molecule has 0 amide bonds. The first-order valence-electron chi connectivity index (χ1n) is 7.73. The van der Waals surface area contributed by atoms with Gasteiger partial charge in [0.25, 0.3) is 0 Å². The summed E-state index contributed by atoms with van der Waals surface area (Å²) in [5.41, 5.74) is 1.23. The summed E-state index contributed by atoms with van der Waals surface area (Å²) in [6.45, 7) is 2.13. The monoisotopic (exact) mass is 287 g/mol. The molecule has 21 heavy (non-hydrogen) atoms. The van der Waals surface area contributed by atoms with Crippen molar-refractivity contribution in [3.05, 3.63) is 42.0 Å². The summed E-state index contributed by atoms with van der Waals surface area (Å²) in [4.78, 5) is 0. The molecule has 3 nitrogen and oxygen atoms in total. The molecule has 2 aromatic carbocycles. The number of aliphatic hydroxyl groups excluding tert-OH is 1. The van der Waals surface area contributed by atoms with Gasteiger partial charge in [-0.15, -0.1) is 0 Å². The topological polar surface area (TPSA) is 41.5 Å². The first kappa shape index (κ1) is 15.8. The Kier molecular flexibility index (Phi) is 6.51. The van der Waals surface area contributed by atoms with Crippen LogP contribution in [0.15, 0.2) is 36.4 Å². The van der Waals surface area contributed by atoms with Crippen LogP contribution < -0.4 is 10.1 Å². The second kappa shape index (κ2) is 8.65. The zero-order chi connectivity index (χ0) is 14.9. The van der Waals surface area contributed by atoms with Crippen LogP contribution in [-0.4, -0.2) is 25.4 Å². The summed E-state index contributed by atoms with van der Waals surface area (Å²) in [6, 6.07) is 12.6. The molecule has 0 saturated carbocycles. The molecular formula is C18H25NO2. The summed E-state index contributed by atoms with van der Waals surface area (Å²) in [5.74, 6) is 0.946. The molecule has 0 saturated heterocycles. The average molecular weight is 287 g/mol. The predicted octanol–water partition coefficient (Wildman–Crippen LogP) is 3.49. The Bertz CT molecular complexity index is 554. The second-order valence-electron chi connectivity index (χ2n) is 5.28. The maximum atomic E-state index is 8.75. The largest absolute Gasteiger partial charge is 0.496 e. The van der Waals surface area contributed by atoms with E-state index >= 15 is 0 Å². The normalized spacial score (nSPS) is 11.0. The van der Waals surface area contributed by atoms with E-state index < -0.39 is 0 Å². The molecule has 0 aliphatic heterocycles. The van der Waals surface area contributed by atoms with Crippen molar-refractivity contribution >= 4 is 10.8 Å². The highest BCUT2D eigenvalue weighted by molar-refractivity contribution is 5.87. The van der Waals surface area contributed by atoms with E-state index in [2.05, 4.69) is 35.6 Å². The fourth-order valence-corrected chi connectivity index (χ4v) is 2.62. The third kappa shape index (κ3) is 4.45. The Morgan fingerprint density at radius 3 is 2.62 bits per heavy atom. The van der Waals surface area contributed by atoms with Gasteiger partial charge in [0, 0.05) is 18.7 Å². The fourth-order valence-electron chi connectivity index (χ4n) is 2.62. The van der Waals surface area contributed by atoms with Crippen LogP contribution in [-0.2, 0) is 6.54 Å². The molecule has 2 N–H and O–H groups in total. The number of unbranched alkanes of at least 4 members (excludes halogenated alkanes) is 3. The third-order valence-electron chi connectivity index (χ3n) is 3.78. The van der Waals surface area contributed by atoms with E-state index in [0.717, 1.165) is 38.1 Å². The van der Waals surface area contributed by atoms with Gasteiger partial charge in [-0.05, 0) is 36.2 Å². The molecule has 0 aliphatic rings. The molecule has 0 atom stereocenters. The van der Waals surface area contributed by atoms with Gasteiger partial charge in [-0.1, -0.05) is 43.2 Å². The molecule has 0 spiro atoms. The lowest BCUT2D eigenvalue weighted by atomic mass is 10.0. The lowest BCUT2D eigenvalue weighted by Crippen LogP contribution is -2.15. The van der Waals surface area contributed by atoms with Gasteiger partial charge in [-0.3, -0.25) is 0 Å². The highest BCUT2D eigenvalue weighted by Gasteiger charge is 2.07. The Morgan fingerprint density at radius 2 is 1.81 bits per heavy atom. The number of ether oxygens (including phenoxy) is 1. The van der Waals surface area contributed by atoms with E-state index in [-0.39, 0.29) is 0 Å². The number of nitrogens with one attached hydrogen (secondary N) is 1. The molecule has 0 bridgehead atoms. The summed E-state index contributed by atoms with van der Waals surface area (Å²) in [5, 5.41) is 14.8. The lowest BCUT2D eigenvalue weighted by molar-refractivity contribution is 0.282. The number of hydrogen-bond acceptors (Lipinski definition) is 3. The molecule has 0 radical (unpaired) electrons. The van der Waals surface area contributed by atoms with Crippen LogP contribution in [0, 0.1) is 0 Å². The van der Waals surface area contributed by atoms with E-state index in [1.807, 2.05) is 6.07 Å². The molecule has 3 heteroatoms. The van der Waals surface area contributed by atoms with Gasteiger partial charge in [0.15, 0.2) is 0 Å². The summed E-state index contributed by atoms with van der Waals surface area (Å²) >= 11 is 0. The van der Waals surface area contributed by atoms with Crippen LogP contribution in [0.1, 0.15) is 31.2 Å². The van der Waals surface area contributed by atoms with Crippen LogP contribution in [0.2, 0.25) is 0 Å². The van der Waals surface area contributed by atoms with E-state index in [9.17, 15) is 0 Å². The van der Waals surface area contributed by atoms with Crippen molar-refractivity contribution in [1.29, 1.82) is 0 Å². The first-order valence-corrected chi connectivity index (χ1v) is 7.73. The predicted molar refractivity (Wildman–Crippen MR) is 87.8 cm³/mol. The number of methoxy groups -OCH3 is 1. The molecule has 0 aromatic heterocycles. The molecule has 0 heterocycles. The minimum atomic E-state index is 0.306. The quantitative estimate of drug-likeness (QED) is 0.694.